The van der Waals surface area contributed by atoms with Gasteiger partial charge in [0, 0.05) is 24.4 Å². The summed E-state index contributed by atoms with van der Waals surface area (Å²) < 4.78 is 0. The minimum Gasteiger partial charge on any atom is -0.478 e. The van der Waals surface area contributed by atoms with Crippen LogP contribution in [0.5, 0.6) is 0 Å². The Labute approximate surface area is 176 Å². The van der Waals surface area contributed by atoms with Crippen molar-refractivity contribution in [1.82, 2.24) is 0 Å². The van der Waals surface area contributed by atoms with E-state index in [0.717, 1.165) is 25.1 Å². The van der Waals surface area contributed by atoms with Crippen LogP contribution < -0.4 is 4.90 Å². The van der Waals surface area contributed by atoms with E-state index in [1.165, 1.54) is 30.5 Å². The third-order valence-corrected chi connectivity index (χ3v) is 7.05. The van der Waals surface area contributed by atoms with E-state index in [2.05, 4.69) is 50.8 Å². The monoisotopic (exact) mass is 395 g/mol. The Balaban J connectivity index is 1.93. The molecule has 158 valence electrons. The minimum absolute atomic E-state index is 0.228. The van der Waals surface area contributed by atoms with Crippen molar-refractivity contribution in [2.75, 3.05) is 18.0 Å². The number of carboxylic acids is 1. The molecule has 0 saturated heterocycles. The highest BCUT2D eigenvalue weighted by Gasteiger charge is 2.40. The molecular formula is C26H37NO2. The van der Waals surface area contributed by atoms with Gasteiger partial charge in [-0.25, -0.2) is 4.79 Å². The van der Waals surface area contributed by atoms with Crippen LogP contribution in [0.25, 0.3) is 0 Å². The van der Waals surface area contributed by atoms with Crippen molar-refractivity contribution in [3.8, 4) is 0 Å². The number of nitrogens with zero attached hydrogens (tertiary/aromatic N) is 1. The van der Waals surface area contributed by atoms with Crippen LogP contribution in [-0.4, -0.2) is 24.2 Å². The highest BCUT2D eigenvalue weighted by Crippen LogP contribution is 2.49. The Kier molecular flexibility index (Phi) is 5.98. The first-order valence-electron chi connectivity index (χ1n) is 11.1. The summed E-state index contributed by atoms with van der Waals surface area (Å²) in [6.07, 6.45) is 9.48. The molecule has 0 aromatic heterocycles. The molecule has 0 bridgehead atoms. The molecule has 0 amide bonds. The normalized spacial score (nSPS) is 20.8. The van der Waals surface area contributed by atoms with Crippen molar-refractivity contribution in [2.45, 2.75) is 84.5 Å². The lowest BCUT2D eigenvalue weighted by Crippen LogP contribution is -2.38. The Morgan fingerprint density at radius 1 is 1.17 bits per heavy atom. The lowest BCUT2D eigenvalue weighted by atomic mass is 9.61. The molecule has 2 aliphatic rings. The van der Waals surface area contributed by atoms with Gasteiger partial charge in [-0.2, -0.15) is 0 Å². The lowest BCUT2D eigenvalue weighted by Gasteiger charge is -2.45. The summed E-state index contributed by atoms with van der Waals surface area (Å²) in [6, 6.07) is 4.71. The Bertz CT molecular complexity index is 858. The van der Waals surface area contributed by atoms with E-state index < -0.39 is 5.97 Å². The molecule has 1 N–H and O–H groups in total. The number of carboxylic acid groups (broad SMARTS) is 1. The van der Waals surface area contributed by atoms with Gasteiger partial charge in [0.25, 0.3) is 0 Å². The largest absolute Gasteiger partial charge is 0.478 e. The van der Waals surface area contributed by atoms with Gasteiger partial charge < -0.3 is 10.0 Å². The molecule has 3 heteroatoms. The number of hydrogen-bond acceptors (Lipinski definition) is 2. The molecule has 0 fully saturated rings. The molecule has 29 heavy (non-hydrogen) atoms. The van der Waals surface area contributed by atoms with Crippen LogP contribution in [-0.2, 0) is 22.0 Å². The SMILES string of the molecule is CCC(C(=O)O)=C(C)C=CCN1CCCc2c1ccc1c2C(C)(C)CCC1(C)C. The quantitative estimate of drug-likeness (QED) is 0.480. The van der Waals surface area contributed by atoms with Gasteiger partial charge in [0.1, 0.15) is 0 Å². The third-order valence-electron chi connectivity index (χ3n) is 7.05. The number of fused-ring (bicyclic) bond motifs is 3. The molecule has 1 aromatic rings. The van der Waals surface area contributed by atoms with Crippen molar-refractivity contribution in [3.05, 3.63) is 52.1 Å². The molecule has 1 aliphatic carbocycles. The number of aliphatic carboxylic acids is 1. The van der Waals surface area contributed by atoms with Crippen LogP contribution >= 0.6 is 0 Å². The van der Waals surface area contributed by atoms with Gasteiger partial charge in [-0.1, -0.05) is 52.8 Å². The molecule has 0 radical (unpaired) electrons. The van der Waals surface area contributed by atoms with Crippen molar-refractivity contribution in [2.24, 2.45) is 0 Å². The zero-order chi connectivity index (χ0) is 21.4. The van der Waals surface area contributed by atoms with Gasteiger partial charge in [-0.3, -0.25) is 0 Å². The van der Waals surface area contributed by atoms with E-state index in [1.807, 2.05) is 19.9 Å². The fourth-order valence-electron chi connectivity index (χ4n) is 5.22. The third kappa shape index (κ3) is 4.15. The molecule has 0 spiro atoms. The molecule has 1 aliphatic heterocycles. The zero-order valence-electron chi connectivity index (χ0n) is 19.1. The van der Waals surface area contributed by atoms with E-state index in [4.69, 9.17) is 0 Å². The smallest absolute Gasteiger partial charge is 0.331 e. The predicted octanol–water partition coefficient (Wildman–Crippen LogP) is 6.16. The zero-order valence-corrected chi connectivity index (χ0v) is 19.1. The van der Waals surface area contributed by atoms with Gasteiger partial charge in [0.05, 0.1) is 0 Å². The molecule has 1 heterocycles. The van der Waals surface area contributed by atoms with Gasteiger partial charge in [-0.15, -0.1) is 0 Å². The maximum Gasteiger partial charge on any atom is 0.331 e. The topological polar surface area (TPSA) is 40.5 Å². The second-order valence-corrected chi connectivity index (χ2v) is 10.0. The Hall–Kier alpha value is -2.03. The van der Waals surface area contributed by atoms with E-state index >= 15 is 0 Å². The summed E-state index contributed by atoms with van der Waals surface area (Å²) in [5.74, 6) is -0.811. The predicted molar refractivity (Wildman–Crippen MR) is 122 cm³/mol. The van der Waals surface area contributed by atoms with E-state index in [-0.39, 0.29) is 10.8 Å². The Morgan fingerprint density at radius 3 is 2.52 bits per heavy atom. The Morgan fingerprint density at radius 2 is 1.86 bits per heavy atom. The molecule has 3 rings (SSSR count). The highest BCUT2D eigenvalue weighted by molar-refractivity contribution is 5.87. The van der Waals surface area contributed by atoms with E-state index in [9.17, 15) is 9.90 Å². The average Bonchev–Trinajstić information content (AvgIpc) is 2.65. The molecule has 0 saturated carbocycles. The average molecular weight is 396 g/mol. The van der Waals surface area contributed by atoms with Gasteiger partial charge in [0.15, 0.2) is 0 Å². The second-order valence-electron chi connectivity index (χ2n) is 10.0. The fourth-order valence-corrected chi connectivity index (χ4v) is 5.22. The first-order valence-corrected chi connectivity index (χ1v) is 11.1. The van der Waals surface area contributed by atoms with Crippen LogP contribution in [0.15, 0.2) is 35.4 Å². The van der Waals surface area contributed by atoms with Crippen LogP contribution in [0, 0.1) is 0 Å². The summed E-state index contributed by atoms with van der Waals surface area (Å²) >= 11 is 0. The maximum atomic E-state index is 11.3. The van der Waals surface area contributed by atoms with Crippen LogP contribution in [0.1, 0.15) is 83.9 Å². The van der Waals surface area contributed by atoms with Crippen molar-refractivity contribution >= 4 is 11.7 Å². The summed E-state index contributed by atoms with van der Waals surface area (Å²) in [7, 11) is 0. The van der Waals surface area contributed by atoms with Gasteiger partial charge in [0.2, 0.25) is 0 Å². The van der Waals surface area contributed by atoms with Crippen LogP contribution in [0.3, 0.4) is 0 Å². The first-order chi connectivity index (χ1) is 13.6. The summed E-state index contributed by atoms with van der Waals surface area (Å²) in [4.78, 5) is 13.8. The second kappa shape index (κ2) is 8.01. The molecule has 1 aromatic carbocycles. The van der Waals surface area contributed by atoms with Crippen molar-refractivity contribution in [1.29, 1.82) is 0 Å². The molecule has 0 unspecified atom stereocenters. The fraction of sp³-hybridized carbons (Fsp3) is 0.577. The number of hydrogen-bond donors (Lipinski definition) is 1. The number of benzene rings is 1. The maximum absolute atomic E-state index is 11.3. The molecule has 0 atom stereocenters. The van der Waals surface area contributed by atoms with Crippen LogP contribution in [0.4, 0.5) is 5.69 Å². The number of anilines is 1. The summed E-state index contributed by atoms with van der Waals surface area (Å²) in [5.41, 5.74) is 7.88. The minimum atomic E-state index is -0.811. The highest BCUT2D eigenvalue weighted by atomic mass is 16.4. The number of carbonyl (C=O) groups is 1. The first kappa shape index (κ1) is 21.7. The van der Waals surface area contributed by atoms with Gasteiger partial charge >= 0.3 is 5.97 Å². The van der Waals surface area contributed by atoms with Crippen molar-refractivity contribution < 1.29 is 9.90 Å². The van der Waals surface area contributed by atoms with Crippen molar-refractivity contribution in [3.63, 3.8) is 0 Å². The summed E-state index contributed by atoms with van der Waals surface area (Å²) in [5, 5.41) is 9.32. The molecule has 3 nitrogen and oxygen atoms in total. The van der Waals surface area contributed by atoms with Crippen LogP contribution in [0.2, 0.25) is 0 Å². The lowest BCUT2D eigenvalue weighted by molar-refractivity contribution is -0.132. The van der Waals surface area contributed by atoms with E-state index in [1.54, 1.807) is 11.1 Å². The number of rotatable bonds is 5. The number of allylic oxidation sites excluding steroid dienone is 2. The summed E-state index contributed by atoms with van der Waals surface area (Å²) in [6.45, 7) is 15.3. The van der Waals surface area contributed by atoms with Gasteiger partial charge in [-0.05, 0) is 78.2 Å². The van der Waals surface area contributed by atoms with E-state index in [0.29, 0.717) is 12.0 Å². The standard InChI is InChI=1S/C26H37NO2/c1-7-19(24(28)29)18(2)10-8-16-27-17-9-11-20-22(27)13-12-21-23(20)26(5,6)15-14-25(21,3)4/h8,10,12-13H,7,9,11,14-17H2,1-6H3,(H,28,29). The molecular weight excluding hydrogens is 358 g/mol.